The topological polar surface area (TPSA) is 94.3 Å². The molecule has 2 rings (SSSR count). The van der Waals surface area contributed by atoms with Gasteiger partial charge in [-0.15, -0.1) is 0 Å². The van der Waals surface area contributed by atoms with E-state index in [4.69, 9.17) is 9.88 Å². The van der Waals surface area contributed by atoms with Crippen LogP contribution in [0.15, 0.2) is 17.2 Å². The van der Waals surface area contributed by atoms with Gasteiger partial charge in [0.25, 0.3) is 0 Å². The molecule has 184 valence electrons. The molecule has 0 atom stereocenters. The van der Waals surface area contributed by atoms with Gasteiger partial charge in [0.15, 0.2) is 0 Å². The Balaban J connectivity index is 1.59. The molecular formula is C21H33F4N3O3S. The highest BCUT2D eigenvalue weighted by atomic mass is 32.2. The van der Waals surface area contributed by atoms with E-state index < -0.39 is 38.2 Å². The first-order valence-corrected chi connectivity index (χ1v) is 12.7. The van der Waals surface area contributed by atoms with Crippen LogP contribution in [0.4, 0.5) is 17.6 Å². The van der Waals surface area contributed by atoms with E-state index >= 15 is 0 Å². The molecule has 1 aliphatic heterocycles. The summed E-state index contributed by atoms with van der Waals surface area (Å²) in [5, 5.41) is 8.05. The Labute approximate surface area is 187 Å². The van der Waals surface area contributed by atoms with Gasteiger partial charge in [-0.05, 0) is 44.8 Å². The average Bonchev–Trinajstić information content (AvgIpc) is 2.71. The molecule has 1 fully saturated rings. The van der Waals surface area contributed by atoms with Crippen molar-refractivity contribution < 1.29 is 30.7 Å². The molecule has 11 heteroatoms. The summed E-state index contributed by atoms with van der Waals surface area (Å²) < 4.78 is 81.6. The number of alkyl halides is 4. The van der Waals surface area contributed by atoms with E-state index in [-0.39, 0.29) is 6.61 Å². The fourth-order valence-corrected chi connectivity index (χ4v) is 4.29. The third-order valence-corrected chi connectivity index (χ3v) is 6.60. The van der Waals surface area contributed by atoms with E-state index in [2.05, 4.69) is 10.3 Å². The number of hydrogen-bond acceptors (Lipinski definition) is 5. The van der Waals surface area contributed by atoms with Crippen molar-refractivity contribution >= 4 is 10.0 Å². The molecule has 0 bridgehead atoms. The van der Waals surface area contributed by atoms with Crippen LogP contribution in [0.1, 0.15) is 76.2 Å². The predicted octanol–water partition coefficient (Wildman–Crippen LogP) is 4.73. The first-order chi connectivity index (χ1) is 15.0. The number of aromatic nitrogens is 1. The van der Waals surface area contributed by atoms with Crippen molar-refractivity contribution in [1.82, 2.24) is 10.3 Å². The number of sulfonamides is 1. The molecule has 0 amide bonds. The predicted molar refractivity (Wildman–Crippen MR) is 114 cm³/mol. The molecule has 3 N–H and O–H groups in total. The molecule has 0 spiro atoms. The van der Waals surface area contributed by atoms with Crippen molar-refractivity contribution in [3.05, 3.63) is 17.8 Å². The minimum Gasteiger partial charge on any atom is -0.477 e. The maximum atomic E-state index is 14.5. The van der Waals surface area contributed by atoms with Gasteiger partial charge in [-0.25, -0.2) is 22.9 Å². The molecule has 0 unspecified atom stereocenters. The number of primary sulfonamides is 1. The van der Waals surface area contributed by atoms with Gasteiger partial charge in [0.05, 0.1) is 12.8 Å². The number of piperidine rings is 1. The van der Waals surface area contributed by atoms with Crippen molar-refractivity contribution in [1.29, 1.82) is 0 Å². The van der Waals surface area contributed by atoms with Gasteiger partial charge >= 0.3 is 6.18 Å². The summed E-state index contributed by atoms with van der Waals surface area (Å²) in [5.74, 6) is -0.649. The maximum Gasteiger partial charge on any atom is 0.421 e. The van der Waals surface area contributed by atoms with Gasteiger partial charge in [0, 0.05) is 0 Å². The van der Waals surface area contributed by atoms with Crippen LogP contribution in [-0.4, -0.2) is 38.8 Å². The lowest BCUT2D eigenvalue weighted by atomic mass is 9.88. The molecule has 2 heterocycles. The number of rotatable bonds is 13. The number of unbranched alkanes of at least 4 members (excludes halogenated alkanes) is 7. The Bertz CT molecular complexity index is 813. The summed E-state index contributed by atoms with van der Waals surface area (Å²) in [5.41, 5.74) is -2.26. The lowest BCUT2D eigenvalue weighted by Crippen LogP contribution is -2.38. The molecular weight excluding hydrogens is 450 g/mol. The zero-order valence-electron chi connectivity index (χ0n) is 18.2. The second kappa shape index (κ2) is 12.1. The second-order valence-electron chi connectivity index (χ2n) is 8.39. The van der Waals surface area contributed by atoms with Gasteiger partial charge < -0.3 is 10.1 Å². The van der Waals surface area contributed by atoms with E-state index in [1.165, 1.54) is 0 Å². The molecule has 6 nitrogen and oxygen atoms in total. The summed E-state index contributed by atoms with van der Waals surface area (Å²) in [6, 6.07) is 0.438. The van der Waals surface area contributed by atoms with Gasteiger partial charge in [-0.2, -0.15) is 13.2 Å². The van der Waals surface area contributed by atoms with Crippen LogP contribution < -0.4 is 15.2 Å². The Morgan fingerprint density at radius 1 is 1.03 bits per heavy atom. The van der Waals surface area contributed by atoms with Crippen LogP contribution in [0, 0.1) is 0 Å². The third kappa shape index (κ3) is 9.19. The first-order valence-electron chi connectivity index (χ1n) is 11.1. The van der Waals surface area contributed by atoms with Gasteiger partial charge in [-0.1, -0.05) is 44.9 Å². The number of ether oxygens (including phenoxy) is 1. The van der Waals surface area contributed by atoms with Crippen molar-refractivity contribution in [2.24, 2.45) is 5.14 Å². The third-order valence-electron chi connectivity index (χ3n) is 5.72. The van der Waals surface area contributed by atoms with Crippen molar-refractivity contribution in [3.63, 3.8) is 0 Å². The Kier molecular flexibility index (Phi) is 10.2. The number of nitrogens with one attached hydrogen (secondary N) is 1. The summed E-state index contributed by atoms with van der Waals surface area (Å²) in [4.78, 5) is 2.78. The normalized spacial score (nSPS) is 16.8. The quantitative estimate of drug-likeness (QED) is 0.313. The highest BCUT2D eigenvalue weighted by Crippen LogP contribution is 2.36. The zero-order valence-corrected chi connectivity index (χ0v) is 19.0. The molecule has 1 aromatic rings. The average molecular weight is 484 g/mol. The Morgan fingerprint density at radius 3 is 2.16 bits per heavy atom. The molecule has 0 aliphatic carbocycles. The fourth-order valence-electron chi connectivity index (χ4n) is 3.80. The SMILES string of the molecule is NS(=O)(=O)c1cnc(OCCCCCCCCCCC2(F)CCNCC2)c(C(F)(F)F)c1. The largest absolute Gasteiger partial charge is 0.477 e. The van der Waals surface area contributed by atoms with Crippen LogP contribution >= 0.6 is 0 Å². The van der Waals surface area contributed by atoms with Gasteiger partial charge in [0.2, 0.25) is 15.9 Å². The lowest BCUT2D eigenvalue weighted by molar-refractivity contribution is -0.139. The van der Waals surface area contributed by atoms with Crippen LogP contribution in [-0.2, 0) is 16.2 Å². The van der Waals surface area contributed by atoms with Crippen molar-refractivity contribution in [2.75, 3.05) is 19.7 Å². The molecule has 0 saturated carbocycles. The molecule has 1 saturated heterocycles. The highest BCUT2D eigenvalue weighted by Gasteiger charge is 2.36. The van der Waals surface area contributed by atoms with Crippen molar-refractivity contribution in [3.8, 4) is 5.88 Å². The van der Waals surface area contributed by atoms with E-state index in [0.717, 1.165) is 64.2 Å². The van der Waals surface area contributed by atoms with E-state index in [1.807, 2.05) is 0 Å². The zero-order chi connectivity index (χ0) is 23.7. The van der Waals surface area contributed by atoms with Crippen molar-refractivity contribution in [2.45, 2.75) is 87.4 Å². The summed E-state index contributed by atoms with van der Waals surface area (Å²) in [6.45, 7) is 1.57. The van der Waals surface area contributed by atoms with Crippen LogP contribution in [0.2, 0.25) is 0 Å². The summed E-state index contributed by atoms with van der Waals surface area (Å²) in [6.07, 6.45) is 5.14. The van der Waals surface area contributed by atoms with Gasteiger partial charge in [-0.3, -0.25) is 0 Å². The minimum atomic E-state index is -4.81. The monoisotopic (exact) mass is 483 g/mol. The van der Waals surface area contributed by atoms with Gasteiger partial charge in [0.1, 0.15) is 16.1 Å². The number of halogens is 4. The van der Waals surface area contributed by atoms with E-state index in [0.29, 0.717) is 31.7 Å². The van der Waals surface area contributed by atoms with Crippen LogP contribution in [0.3, 0.4) is 0 Å². The number of hydrogen-bond donors (Lipinski definition) is 2. The summed E-state index contributed by atoms with van der Waals surface area (Å²) >= 11 is 0. The molecule has 1 aliphatic rings. The smallest absolute Gasteiger partial charge is 0.421 e. The molecule has 0 radical (unpaired) electrons. The number of nitrogens with two attached hydrogens (primary N) is 1. The maximum absolute atomic E-state index is 14.5. The number of pyridine rings is 1. The van der Waals surface area contributed by atoms with Crippen LogP contribution in [0.5, 0.6) is 5.88 Å². The fraction of sp³-hybridized carbons (Fsp3) is 0.762. The summed E-state index contributed by atoms with van der Waals surface area (Å²) in [7, 11) is -4.29. The molecule has 0 aromatic carbocycles. The van der Waals surface area contributed by atoms with E-state index in [9.17, 15) is 26.0 Å². The molecule has 32 heavy (non-hydrogen) atoms. The number of nitrogens with zero attached hydrogens (tertiary/aromatic N) is 1. The highest BCUT2D eigenvalue weighted by molar-refractivity contribution is 7.89. The lowest BCUT2D eigenvalue weighted by Gasteiger charge is -2.30. The van der Waals surface area contributed by atoms with Crippen LogP contribution in [0.25, 0.3) is 0 Å². The standard InChI is InChI=1S/C21H33F4N3O3S/c22-20(10-12-27-13-11-20)9-7-5-3-1-2-4-6-8-14-31-19-18(21(23,24)25)15-17(16-28-19)32(26,29)30/h15-16,27H,1-14H2,(H2,26,29,30). The second-order valence-corrected chi connectivity index (χ2v) is 9.96. The Morgan fingerprint density at radius 2 is 1.59 bits per heavy atom. The minimum absolute atomic E-state index is 0.0538. The van der Waals surface area contributed by atoms with E-state index in [1.54, 1.807) is 0 Å². The Hall–Kier alpha value is -1.46. The first kappa shape index (κ1) is 26.8. The molecule has 1 aromatic heterocycles.